The molecule has 5 nitrogen and oxygen atoms in total. The van der Waals surface area contributed by atoms with Gasteiger partial charge in [0, 0.05) is 43.7 Å². The number of hydrogen-bond donors (Lipinski definition) is 0. The largest absolute Gasteiger partial charge is 0.461 e. The number of benzene rings is 1. The molecule has 0 radical (unpaired) electrons. The first-order valence-electron chi connectivity index (χ1n) is 9.24. The van der Waals surface area contributed by atoms with Crippen LogP contribution in [0.1, 0.15) is 35.9 Å². The molecule has 2 bridgehead atoms. The van der Waals surface area contributed by atoms with Gasteiger partial charge in [0.2, 0.25) is 5.91 Å². The van der Waals surface area contributed by atoms with Gasteiger partial charge in [-0.05, 0) is 49.9 Å². The van der Waals surface area contributed by atoms with Crippen molar-refractivity contribution in [2.75, 3.05) is 19.6 Å². The lowest BCUT2D eigenvalue weighted by Crippen LogP contribution is -2.47. The highest BCUT2D eigenvalue weighted by molar-refractivity contribution is 5.95. The molecule has 0 saturated carbocycles. The summed E-state index contributed by atoms with van der Waals surface area (Å²) >= 11 is 0. The lowest BCUT2D eigenvalue weighted by atomic mass is 9.94. The summed E-state index contributed by atoms with van der Waals surface area (Å²) in [6.07, 6.45) is 2.06. The van der Waals surface area contributed by atoms with Gasteiger partial charge in [0.05, 0.1) is 0 Å². The predicted molar refractivity (Wildman–Crippen MR) is 98.7 cm³/mol. The van der Waals surface area contributed by atoms with E-state index in [2.05, 4.69) is 0 Å². The number of aryl methyl sites for hydroxylation is 1. The van der Waals surface area contributed by atoms with Crippen molar-refractivity contribution in [3.63, 3.8) is 0 Å². The summed E-state index contributed by atoms with van der Waals surface area (Å²) in [5.74, 6) is 2.15. The van der Waals surface area contributed by atoms with Crippen LogP contribution in [-0.2, 0) is 4.79 Å². The first kappa shape index (κ1) is 16.9. The van der Waals surface area contributed by atoms with Crippen LogP contribution in [0.3, 0.4) is 0 Å². The number of carbonyl (C=O) groups is 2. The molecular weight excluding hydrogens is 328 g/mol. The fraction of sp³-hybridized carbons (Fsp3) is 0.429. The number of hydrogen-bond acceptors (Lipinski definition) is 3. The zero-order valence-electron chi connectivity index (χ0n) is 15.3. The second kappa shape index (κ2) is 6.63. The molecule has 4 heterocycles. The number of furan rings is 1. The molecule has 0 N–H and O–H groups in total. The molecule has 2 aromatic rings. The second-order valence-corrected chi connectivity index (χ2v) is 7.47. The Morgan fingerprint density at radius 3 is 2.65 bits per heavy atom. The van der Waals surface area contributed by atoms with Gasteiger partial charge in [-0.3, -0.25) is 9.59 Å². The van der Waals surface area contributed by atoms with Gasteiger partial charge in [-0.15, -0.1) is 0 Å². The Kier molecular flexibility index (Phi) is 4.31. The minimum absolute atomic E-state index is 0.0511. The molecule has 3 fully saturated rings. The molecule has 3 saturated heterocycles. The molecule has 2 atom stereocenters. The predicted octanol–water partition coefficient (Wildman–Crippen LogP) is 3.34. The maximum Gasteiger partial charge on any atom is 0.254 e. The van der Waals surface area contributed by atoms with Gasteiger partial charge in [0.1, 0.15) is 11.5 Å². The summed E-state index contributed by atoms with van der Waals surface area (Å²) in [6, 6.07) is 11.6. The van der Waals surface area contributed by atoms with Crippen LogP contribution in [-0.4, -0.2) is 47.3 Å². The average Bonchev–Trinajstić information content (AvgIpc) is 2.87. The van der Waals surface area contributed by atoms with Crippen molar-refractivity contribution >= 4 is 11.8 Å². The van der Waals surface area contributed by atoms with E-state index in [9.17, 15) is 9.59 Å². The standard InChI is InChI=1S/C21H24N2O3/c1-14-6-9-20(26-14)17-4-3-5-18(10-17)21(25)23-12-16-7-8-19(23)13-22(11-16)15(2)24/h3-6,9-10,16,19H,7-8,11-13H2,1-2H3/t16-,19+/m0/s1. The molecule has 2 amide bonds. The van der Waals surface area contributed by atoms with Crippen molar-refractivity contribution in [1.29, 1.82) is 0 Å². The second-order valence-electron chi connectivity index (χ2n) is 7.47. The Bertz CT molecular complexity index is 841. The van der Waals surface area contributed by atoms with Crippen LogP contribution < -0.4 is 0 Å². The fourth-order valence-corrected chi connectivity index (χ4v) is 4.15. The zero-order valence-corrected chi connectivity index (χ0v) is 15.3. The third-order valence-corrected chi connectivity index (χ3v) is 5.55. The minimum Gasteiger partial charge on any atom is -0.461 e. The highest BCUT2D eigenvalue weighted by atomic mass is 16.3. The number of rotatable bonds is 2. The number of piperidine rings is 1. The summed E-state index contributed by atoms with van der Waals surface area (Å²) in [5.41, 5.74) is 1.59. The maximum absolute atomic E-state index is 13.2. The Hall–Kier alpha value is -2.56. The molecule has 1 aromatic carbocycles. The van der Waals surface area contributed by atoms with Crippen molar-refractivity contribution in [3.8, 4) is 11.3 Å². The van der Waals surface area contributed by atoms with Crippen molar-refractivity contribution in [2.24, 2.45) is 5.92 Å². The lowest BCUT2D eigenvalue weighted by Gasteiger charge is -2.36. The SMILES string of the molecule is CC(=O)N1C[C@@H]2CC[C@H](C1)N(C(=O)c1cccc(-c3ccc(C)o3)c1)C2. The molecule has 3 aliphatic heterocycles. The molecular formula is C21H24N2O3. The molecule has 1 aromatic heterocycles. The zero-order chi connectivity index (χ0) is 18.3. The Morgan fingerprint density at radius 2 is 1.92 bits per heavy atom. The van der Waals surface area contributed by atoms with Gasteiger partial charge < -0.3 is 14.2 Å². The van der Waals surface area contributed by atoms with Crippen LogP contribution in [0.5, 0.6) is 0 Å². The summed E-state index contributed by atoms with van der Waals surface area (Å²) in [4.78, 5) is 28.9. The van der Waals surface area contributed by atoms with Crippen molar-refractivity contribution < 1.29 is 14.0 Å². The maximum atomic E-state index is 13.2. The highest BCUT2D eigenvalue weighted by Crippen LogP contribution is 2.30. The monoisotopic (exact) mass is 352 g/mol. The molecule has 0 unspecified atom stereocenters. The Labute approximate surface area is 153 Å². The van der Waals surface area contributed by atoms with E-state index in [-0.39, 0.29) is 17.9 Å². The van der Waals surface area contributed by atoms with Gasteiger partial charge in [-0.1, -0.05) is 12.1 Å². The van der Waals surface area contributed by atoms with E-state index in [1.807, 2.05) is 53.1 Å². The number of amides is 2. The van der Waals surface area contributed by atoms with E-state index in [0.717, 1.165) is 43.0 Å². The minimum atomic E-state index is 0.0511. The molecule has 5 rings (SSSR count). The summed E-state index contributed by atoms with van der Waals surface area (Å²) in [7, 11) is 0. The molecule has 0 aliphatic carbocycles. The van der Waals surface area contributed by atoms with E-state index in [1.54, 1.807) is 6.92 Å². The van der Waals surface area contributed by atoms with Crippen LogP contribution in [0.25, 0.3) is 11.3 Å². The van der Waals surface area contributed by atoms with E-state index in [0.29, 0.717) is 18.0 Å². The Balaban J connectivity index is 1.59. The van der Waals surface area contributed by atoms with Gasteiger partial charge in [-0.25, -0.2) is 0 Å². The number of carbonyl (C=O) groups excluding carboxylic acids is 2. The van der Waals surface area contributed by atoms with Gasteiger partial charge in [0.15, 0.2) is 0 Å². The molecule has 136 valence electrons. The van der Waals surface area contributed by atoms with E-state index >= 15 is 0 Å². The normalized spacial score (nSPS) is 22.4. The molecule has 0 spiro atoms. The van der Waals surface area contributed by atoms with Crippen LogP contribution in [0.4, 0.5) is 0 Å². The number of nitrogens with zero attached hydrogens (tertiary/aromatic N) is 2. The van der Waals surface area contributed by atoms with Gasteiger partial charge >= 0.3 is 0 Å². The summed E-state index contributed by atoms with van der Waals surface area (Å²) in [6.45, 7) is 5.67. The highest BCUT2D eigenvalue weighted by Gasteiger charge is 2.38. The molecule has 26 heavy (non-hydrogen) atoms. The van der Waals surface area contributed by atoms with Crippen LogP contribution in [0, 0.1) is 12.8 Å². The summed E-state index contributed by atoms with van der Waals surface area (Å²) in [5, 5.41) is 0. The van der Waals surface area contributed by atoms with Crippen LogP contribution in [0.15, 0.2) is 40.8 Å². The molecule has 3 aliphatic rings. The van der Waals surface area contributed by atoms with Gasteiger partial charge in [-0.2, -0.15) is 0 Å². The van der Waals surface area contributed by atoms with Crippen LogP contribution >= 0.6 is 0 Å². The van der Waals surface area contributed by atoms with E-state index in [1.165, 1.54) is 0 Å². The van der Waals surface area contributed by atoms with E-state index < -0.39 is 0 Å². The average molecular weight is 352 g/mol. The number of fused-ring (bicyclic) bond motifs is 4. The van der Waals surface area contributed by atoms with Crippen molar-refractivity contribution in [3.05, 3.63) is 47.7 Å². The summed E-state index contributed by atoms with van der Waals surface area (Å²) < 4.78 is 5.69. The first-order valence-corrected chi connectivity index (χ1v) is 9.24. The third kappa shape index (κ3) is 3.14. The van der Waals surface area contributed by atoms with Crippen molar-refractivity contribution in [2.45, 2.75) is 32.7 Å². The lowest BCUT2D eigenvalue weighted by molar-refractivity contribution is -0.129. The smallest absolute Gasteiger partial charge is 0.254 e. The van der Waals surface area contributed by atoms with Gasteiger partial charge in [0.25, 0.3) is 5.91 Å². The first-order chi connectivity index (χ1) is 12.5. The third-order valence-electron chi connectivity index (χ3n) is 5.55. The Morgan fingerprint density at radius 1 is 1.08 bits per heavy atom. The quantitative estimate of drug-likeness (QED) is 0.833. The van der Waals surface area contributed by atoms with E-state index in [4.69, 9.17) is 4.42 Å². The fourth-order valence-electron chi connectivity index (χ4n) is 4.15. The van der Waals surface area contributed by atoms with Crippen LogP contribution in [0.2, 0.25) is 0 Å². The molecule has 5 heteroatoms. The van der Waals surface area contributed by atoms with Crippen molar-refractivity contribution in [1.82, 2.24) is 9.80 Å². The topological polar surface area (TPSA) is 53.8 Å².